The van der Waals surface area contributed by atoms with Gasteiger partial charge in [-0.25, -0.2) is 4.98 Å². The van der Waals surface area contributed by atoms with Gasteiger partial charge in [-0.2, -0.15) is 0 Å². The van der Waals surface area contributed by atoms with E-state index in [-0.39, 0.29) is 5.91 Å². The number of carbonyl (C=O) groups is 1. The quantitative estimate of drug-likeness (QED) is 0.464. The number of rotatable bonds is 5. The maximum Gasteiger partial charge on any atom is 0.221 e. The number of nitrogens with one attached hydrogen (secondary N) is 3. The Bertz CT molecular complexity index is 1150. The third-order valence-electron chi connectivity index (χ3n) is 4.39. The van der Waals surface area contributed by atoms with Crippen LogP contribution in [-0.2, 0) is 4.79 Å². The molecule has 2 aromatic carbocycles. The van der Waals surface area contributed by atoms with E-state index in [9.17, 15) is 4.79 Å². The second-order valence-corrected chi connectivity index (χ2v) is 6.39. The van der Waals surface area contributed by atoms with Crippen molar-refractivity contribution in [3.63, 3.8) is 0 Å². The van der Waals surface area contributed by atoms with Crippen molar-refractivity contribution < 1.29 is 9.53 Å². The van der Waals surface area contributed by atoms with Crippen molar-refractivity contribution in [2.45, 2.75) is 6.92 Å². The monoisotopic (exact) mass is 372 g/mol. The highest BCUT2D eigenvalue weighted by Crippen LogP contribution is 2.34. The Kier molecular flexibility index (Phi) is 4.68. The molecule has 0 bridgehead atoms. The average Bonchev–Trinajstić information content (AvgIpc) is 3.13. The predicted molar refractivity (Wildman–Crippen MR) is 112 cm³/mol. The average molecular weight is 372 g/mol. The molecule has 0 unspecified atom stereocenters. The zero-order valence-electron chi connectivity index (χ0n) is 15.6. The number of amides is 1. The van der Waals surface area contributed by atoms with Gasteiger partial charge in [0.1, 0.15) is 11.6 Å². The van der Waals surface area contributed by atoms with Gasteiger partial charge in [-0.05, 0) is 42.5 Å². The fourth-order valence-corrected chi connectivity index (χ4v) is 3.18. The van der Waals surface area contributed by atoms with Crippen LogP contribution in [0.25, 0.3) is 22.2 Å². The fourth-order valence-electron chi connectivity index (χ4n) is 3.18. The van der Waals surface area contributed by atoms with Crippen molar-refractivity contribution >= 4 is 34.0 Å². The maximum absolute atomic E-state index is 11.3. The molecule has 2 heterocycles. The molecule has 1 amide bonds. The molecule has 0 aliphatic rings. The zero-order valence-corrected chi connectivity index (χ0v) is 15.6. The first-order valence-corrected chi connectivity index (χ1v) is 8.90. The van der Waals surface area contributed by atoms with Crippen molar-refractivity contribution in [1.82, 2.24) is 9.97 Å². The lowest BCUT2D eigenvalue weighted by atomic mass is 10.1. The van der Waals surface area contributed by atoms with E-state index in [1.54, 1.807) is 13.3 Å². The number of aromatic nitrogens is 2. The second-order valence-electron chi connectivity index (χ2n) is 6.39. The largest absolute Gasteiger partial charge is 0.496 e. The molecule has 0 fully saturated rings. The lowest BCUT2D eigenvalue weighted by Crippen LogP contribution is -2.05. The molecule has 3 N–H and O–H groups in total. The third kappa shape index (κ3) is 3.53. The molecule has 0 saturated carbocycles. The molecule has 0 spiro atoms. The first-order chi connectivity index (χ1) is 13.6. The summed E-state index contributed by atoms with van der Waals surface area (Å²) in [4.78, 5) is 19.2. The van der Waals surface area contributed by atoms with E-state index in [1.165, 1.54) is 6.92 Å². The van der Waals surface area contributed by atoms with E-state index in [0.29, 0.717) is 0 Å². The lowest BCUT2D eigenvalue weighted by Gasteiger charge is -2.09. The SMILES string of the molecule is COc1ccccc1-c1cc2c(Nc3cccc(NC(C)=O)c3)nccc2[nH]1. The molecular weight excluding hydrogens is 352 g/mol. The van der Waals surface area contributed by atoms with Crippen LogP contribution in [0.5, 0.6) is 5.75 Å². The minimum atomic E-state index is -0.107. The molecule has 140 valence electrons. The maximum atomic E-state index is 11.3. The molecule has 0 atom stereocenters. The van der Waals surface area contributed by atoms with Gasteiger partial charge in [0.2, 0.25) is 5.91 Å². The van der Waals surface area contributed by atoms with Gasteiger partial charge in [-0.15, -0.1) is 0 Å². The minimum absolute atomic E-state index is 0.107. The van der Waals surface area contributed by atoms with Crippen LogP contribution in [0.3, 0.4) is 0 Å². The summed E-state index contributed by atoms with van der Waals surface area (Å²) in [6.07, 6.45) is 1.75. The number of carbonyl (C=O) groups excluding carboxylic acids is 1. The summed E-state index contributed by atoms with van der Waals surface area (Å²) >= 11 is 0. The van der Waals surface area contributed by atoms with Crippen LogP contribution in [0.15, 0.2) is 66.9 Å². The number of benzene rings is 2. The van der Waals surface area contributed by atoms with E-state index in [2.05, 4.69) is 26.7 Å². The van der Waals surface area contributed by atoms with Crippen LogP contribution in [-0.4, -0.2) is 23.0 Å². The number of nitrogens with zero attached hydrogens (tertiary/aromatic N) is 1. The third-order valence-corrected chi connectivity index (χ3v) is 4.39. The standard InChI is InChI=1S/C22H20N4O2/c1-14(27)24-15-6-5-7-16(12-15)25-22-18-13-20(26-19(18)10-11-23-22)17-8-3-4-9-21(17)28-2/h3-13,26H,1-2H3,(H,23,25)(H,24,27). The Labute approximate surface area is 162 Å². The molecule has 0 radical (unpaired) electrons. The topological polar surface area (TPSA) is 79.0 Å². The van der Waals surface area contributed by atoms with E-state index in [0.717, 1.165) is 45.1 Å². The van der Waals surface area contributed by atoms with Gasteiger partial charge in [0.25, 0.3) is 0 Å². The molecule has 4 aromatic rings. The van der Waals surface area contributed by atoms with Gasteiger partial charge >= 0.3 is 0 Å². The van der Waals surface area contributed by atoms with Gasteiger partial charge in [0.05, 0.1) is 18.3 Å². The van der Waals surface area contributed by atoms with Crippen molar-refractivity contribution in [1.29, 1.82) is 0 Å². The van der Waals surface area contributed by atoms with Gasteiger partial charge in [-0.1, -0.05) is 18.2 Å². The summed E-state index contributed by atoms with van der Waals surface area (Å²) in [5.41, 5.74) is 4.48. The number of fused-ring (bicyclic) bond motifs is 1. The summed E-state index contributed by atoms with van der Waals surface area (Å²) in [6.45, 7) is 1.49. The molecule has 0 aliphatic carbocycles. The number of H-pyrrole nitrogens is 1. The summed E-state index contributed by atoms with van der Waals surface area (Å²) in [5, 5.41) is 7.09. The lowest BCUT2D eigenvalue weighted by molar-refractivity contribution is -0.114. The van der Waals surface area contributed by atoms with E-state index in [4.69, 9.17) is 4.74 Å². The number of hydrogen-bond donors (Lipinski definition) is 3. The zero-order chi connectivity index (χ0) is 19.5. The molecule has 4 rings (SSSR count). The van der Waals surface area contributed by atoms with Crippen LogP contribution in [0.4, 0.5) is 17.2 Å². The first-order valence-electron chi connectivity index (χ1n) is 8.90. The Hall–Kier alpha value is -3.80. The Morgan fingerprint density at radius 3 is 2.68 bits per heavy atom. The van der Waals surface area contributed by atoms with E-state index < -0.39 is 0 Å². The Morgan fingerprint density at radius 1 is 1.04 bits per heavy atom. The number of ether oxygens (including phenoxy) is 1. The molecule has 2 aromatic heterocycles. The molecule has 6 heteroatoms. The van der Waals surface area contributed by atoms with Crippen LogP contribution in [0.1, 0.15) is 6.92 Å². The molecule has 28 heavy (non-hydrogen) atoms. The van der Waals surface area contributed by atoms with Crippen LogP contribution < -0.4 is 15.4 Å². The fraction of sp³-hybridized carbons (Fsp3) is 0.0909. The van der Waals surface area contributed by atoms with Gasteiger partial charge < -0.3 is 20.4 Å². The number of methoxy groups -OCH3 is 1. The van der Waals surface area contributed by atoms with E-state index in [1.807, 2.05) is 54.6 Å². The summed E-state index contributed by atoms with van der Waals surface area (Å²) in [7, 11) is 1.66. The number of para-hydroxylation sites is 1. The highest BCUT2D eigenvalue weighted by molar-refractivity contribution is 5.96. The predicted octanol–water partition coefficient (Wildman–Crippen LogP) is 4.94. The van der Waals surface area contributed by atoms with Crippen LogP contribution >= 0.6 is 0 Å². The molecule has 6 nitrogen and oxygen atoms in total. The van der Waals surface area contributed by atoms with Crippen molar-refractivity contribution in [3.05, 3.63) is 66.9 Å². The highest BCUT2D eigenvalue weighted by atomic mass is 16.5. The molecule has 0 aliphatic heterocycles. The van der Waals surface area contributed by atoms with Crippen molar-refractivity contribution in [3.8, 4) is 17.0 Å². The Morgan fingerprint density at radius 2 is 1.86 bits per heavy atom. The number of aromatic amines is 1. The van der Waals surface area contributed by atoms with E-state index >= 15 is 0 Å². The van der Waals surface area contributed by atoms with Crippen molar-refractivity contribution in [2.75, 3.05) is 17.7 Å². The normalized spacial score (nSPS) is 10.6. The van der Waals surface area contributed by atoms with Crippen LogP contribution in [0, 0.1) is 0 Å². The summed E-state index contributed by atoms with van der Waals surface area (Å²) in [6, 6.07) is 19.4. The molecular formula is C22H20N4O2. The van der Waals surface area contributed by atoms with Gasteiger partial charge in [-0.3, -0.25) is 4.79 Å². The summed E-state index contributed by atoms with van der Waals surface area (Å²) < 4.78 is 5.48. The number of hydrogen-bond acceptors (Lipinski definition) is 4. The van der Waals surface area contributed by atoms with Gasteiger partial charge in [0, 0.05) is 35.4 Å². The minimum Gasteiger partial charge on any atom is -0.496 e. The summed E-state index contributed by atoms with van der Waals surface area (Å²) in [5.74, 6) is 1.43. The number of anilines is 3. The molecule has 0 saturated heterocycles. The smallest absolute Gasteiger partial charge is 0.221 e. The second kappa shape index (κ2) is 7.44. The van der Waals surface area contributed by atoms with Gasteiger partial charge in [0.15, 0.2) is 0 Å². The van der Waals surface area contributed by atoms with Crippen molar-refractivity contribution in [2.24, 2.45) is 0 Å². The highest BCUT2D eigenvalue weighted by Gasteiger charge is 2.11. The van der Waals surface area contributed by atoms with Crippen LogP contribution in [0.2, 0.25) is 0 Å². The Balaban J connectivity index is 1.71. The first kappa shape index (κ1) is 17.6. The number of pyridine rings is 1.